The van der Waals surface area contributed by atoms with Gasteiger partial charge in [0.2, 0.25) is 0 Å². The molecule has 0 saturated heterocycles. The van der Waals surface area contributed by atoms with Crippen LogP contribution in [0.2, 0.25) is 0 Å². The molecule has 20 aromatic rings. The van der Waals surface area contributed by atoms with Gasteiger partial charge in [-0.25, -0.2) is 0 Å². The summed E-state index contributed by atoms with van der Waals surface area (Å²) < 4.78 is 5.81. The van der Waals surface area contributed by atoms with E-state index in [4.69, 9.17) is 0 Å². The molecule has 20 rings (SSSR count). The maximum atomic E-state index is 9.51. The SMILES string of the molecule is Brc1ccc(-c2ccc3c(c2)c2ccccc2n3-c2ccccc2)cc1.OB(O)c1ccc(N(c2ccc(-c3ccccc3)cc2)c2ccc(-c3ccccc3)cc2)cc1.c1ccc(-c2ccc(N(c3ccc(-c4ccccc4)cc3)c3ccc(-c4ccc(-c5ccc6c(c5)c5ccccc5n6-c5ccccc5)cc4)cc3)cc2)cc1. The standard InChI is InChI=1S/C54H38N2.C30H24BNO2.C24H16BrN/c1-4-12-39(13-5-1)42-24-31-48(32-25-42)55(49-33-26-43(27-34-49)40-14-6-2-7-15-40)50-35-28-44(29-36-50)41-20-22-45(23-21-41)46-30-37-54-52(38-46)51-18-10-11-19-53(51)56(54)47-16-8-3-9-17-47;33-31(34)27-15-21-30(22-16-27)32(28-17-11-25(12-18-28)23-7-3-1-4-8-23)29-19-13-26(14-20-29)24-9-5-2-6-10-24;25-19-13-10-17(11-14-19)18-12-15-24-22(16-18)21-8-4-5-9-23(21)26(24)20-6-2-1-3-7-20/h1-38H;1-22,33-34H;1-16H. The van der Waals surface area contributed by atoms with Crippen LogP contribution in [-0.4, -0.2) is 26.3 Å². The molecule has 0 radical (unpaired) electrons. The number of para-hydroxylation sites is 4. The Balaban J connectivity index is 0.000000132. The molecule has 0 spiro atoms. The van der Waals surface area contributed by atoms with E-state index in [0.29, 0.717) is 5.46 Å². The molecule has 0 unspecified atom stereocenters. The van der Waals surface area contributed by atoms with Gasteiger partial charge in [-0.2, -0.15) is 0 Å². The van der Waals surface area contributed by atoms with Crippen LogP contribution in [0.4, 0.5) is 34.1 Å². The first kappa shape index (κ1) is 73.1. The summed E-state index contributed by atoms with van der Waals surface area (Å²) in [6.45, 7) is 0. The number of rotatable bonds is 16. The van der Waals surface area contributed by atoms with E-state index in [1.165, 1.54) is 122 Å². The van der Waals surface area contributed by atoms with E-state index in [-0.39, 0.29) is 0 Å². The van der Waals surface area contributed by atoms with Crippen LogP contribution in [-0.2, 0) is 0 Å². The van der Waals surface area contributed by atoms with E-state index >= 15 is 0 Å². The summed E-state index contributed by atoms with van der Waals surface area (Å²) in [4.78, 5) is 4.50. The lowest BCUT2D eigenvalue weighted by atomic mass is 9.80. The van der Waals surface area contributed by atoms with Gasteiger partial charge in [0, 0.05) is 71.5 Å². The van der Waals surface area contributed by atoms with Crippen LogP contribution in [0, 0.1) is 0 Å². The first-order valence-corrected chi connectivity index (χ1v) is 39.9. The molecule has 2 aromatic heterocycles. The zero-order chi connectivity index (χ0) is 78.1. The van der Waals surface area contributed by atoms with Gasteiger partial charge < -0.3 is 29.0 Å². The van der Waals surface area contributed by atoms with Gasteiger partial charge in [-0.1, -0.05) is 331 Å². The predicted octanol–water partition coefficient (Wildman–Crippen LogP) is 28.3. The third kappa shape index (κ3) is 15.6. The molecule has 18 aromatic carbocycles. The Morgan fingerprint density at radius 3 is 0.681 bits per heavy atom. The highest BCUT2D eigenvalue weighted by molar-refractivity contribution is 9.10. The molecular weight excluding hydrogens is 1480 g/mol. The first-order chi connectivity index (χ1) is 57.3. The molecule has 0 bridgehead atoms. The van der Waals surface area contributed by atoms with Crippen LogP contribution in [0.15, 0.2) is 466 Å². The summed E-state index contributed by atoms with van der Waals surface area (Å²) in [5.74, 6) is 0. The highest BCUT2D eigenvalue weighted by atomic mass is 79.9. The van der Waals surface area contributed by atoms with Crippen molar-refractivity contribution < 1.29 is 10.0 Å². The molecule has 0 amide bonds. The Kier molecular flexibility index (Phi) is 21.1. The van der Waals surface area contributed by atoms with Crippen LogP contribution in [0.25, 0.3) is 133 Å². The average molecular weight is 1550 g/mol. The van der Waals surface area contributed by atoms with Crippen LogP contribution in [0.3, 0.4) is 0 Å². The predicted molar refractivity (Wildman–Crippen MR) is 493 cm³/mol. The minimum Gasteiger partial charge on any atom is -0.423 e. The summed E-state index contributed by atoms with van der Waals surface area (Å²) in [6, 6.07) is 162. The minimum atomic E-state index is -1.49. The van der Waals surface area contributed by atoms with Crippen LogP contribution >= 0.6 is 15.9 Å². The second-order valence-corrected chi connectivity index (χ2v) is 29.7. The maximum absolute atomic E-state index is 9.51. The number of benzene rings is 18. The van der Waals surface area contributed by atoms with Crippen molar-refractivity contribution in [2.24, 2.45) is 0 Å². The van der Waals surface area contributed by atoms with Crippen molar-refractivity contribution in [3.63, 3.8) is 0 Å². The molecule has 0 aliphatic heterocycles. The monoisotopic (exact) mass is 1550 g/mol. The average Bonchev–Trinajstić information content (AvgIpc) is 1.59. The summed E-state index contributed by atoms with van der Waals surface area (Å²) in [6.07, 6.45) is 0. The zero-order valence-electron chi connectivity index (χ0n) is 63.5. The first-order valence-electron chi connectivity index (χ1n) is 39.1. The molecule has 552 valence electrons. The van der Waals surface area contributed by atoms with Crippen LogP contribution in [0.1, 0.15) is 0 Å². The molecule has 116 heavy (non-hydrogen) atoms. The molecule has 0 saturated carbocycles. The summed E-state index contributed by atoms with van der Waals surface area (Å²) >= 11 is 3.52. The fraction of sp³-hybridized carbons (Fsp3) is 0. The molecule has 0 aliphatic carbocycles. The second kappa shape index (κ2) is 33.5. The van der Waals surface area contributed by atoms with Crippen LogP contribution in [0.5, 0.6) is 0 Å². The van der Waals surface area contributed by atoms with Gasteiger partial charge in [0.05, 0.1) is 22.1 Å². The van der Waals surface area contributed by atoms with Gasteiger partial charge in [-0.05, 0) is 229 Å². The van der Waals surface area contributed by atoms with Crippen LogP contribution < -0.4 is 15.3 Å². The summed E-state index contributed by atoms with van der Waals surface area (Å²) in [5, 5.41) is 24.1. The topological polar surface area (TPSA) is 56.8 Å². The Morgan fingerprint density at radius 2 is 0.397 bits per heavy atom. The Hall–Kier alpha value is -14.4. The van der Waals surface area contributed by atoms with Gasteiger partial charge >= 0.3 is 7.12 Å². The van der Waals surface area contributed by atoms with Crippen molar-refractivity contribution in [2.75, 3.05) is 9.80 Å². The quantitative estimate of drug-likeness (QED) is 0.0947. The van der Waals surface area contributed by atoms with Gasteiger partial charge in [0.25, 0.3) is 0 Å². The zero-order valence-corrected chi connectivity index (χ0v) is 65.1. The smallest absolute Gasteiger partial charge is 0.423 e. The Bertz CT molecular complexity index is 6530. The lowest BCUT2D eigenvalue weighted by Gasteiger charge is -2.26. The number of aromatic nitrogens is 2. The fourth-order valence-corrected chi connectivity index (χ4v) is 16.0. The number of nitrogens with zero attached hydrogens (tertiary/aromatic N) is 4. The number of anilines is 6. The number of hydrogen-bond acceptors (Lipinski definition) is 4. The second-order valence-electron chi connectivity index (χ2n) is 28.8. The molecular formula is C108H78BBrN4O2. The minimum absolute atomic E-state index is 0.461. The van der Waals surface area contributed by atoms with E-state index in [9.17, 15) is 10.0 Å². The van der Waals surface area contributed by atoms with E-state index in [1.807, 2.05) is 48.5 Å². The highest BCUT2D eigenvalue weighted by Crippen LogP contribution is 2.42. The van der Waals surface area contributed by atoms with Gasteiger partial charge in [0.1, 0.15) is 0 Å². The third-order valence-electron chi connectivity index (χ3n) is 21.6. The normalized spacial score (nSPS) is 11.1. The van der Waals surface area contributed by atoms with Crippen molar-refractivity contribution in [3.8, 4) is 89.3 Å². The van der Waals surface area contributed by atoms with E-state index < -0.39 is 7.12 Å². The van der Waals surface area contributed by atoms with E-state index in [1.54, 1.807) is 12.1 Å². The van der Waals surface area contributed by atoms with E-state index in [2.05, 4.69) is 435 Å². The molecule has 6 nitrogen and oxygen atoms in total. The fourth-order valence-electron chi connectivity index (χ4n) is 15.7. The number of hydrogen-bond donors (Lipinski definition) is 2. The molecule has 2 N–H and O–H groups in total. The lowest BCUT2D eigenvalue weighted by molar-refractivity contribution is 0.426. The van der Waals surface area contributed by atoms with Crippen molar-refractivity contribution >= 4 is 106 Å². The van der Waals surface area contributed by atoms with Gasteiger partial charge in [-0.15, -0.1) is 0 Å². The molecule has 0 atom stereocenters. The van der Waals surface area contributed by atoms with Crippen molar-refractivity contribution in [3.05, 3.63) is 466 Å². The molecule has 2 heterocycles. The largest absolute Gasteiger partial charge is 0.488 e. The van der Waals surface area contributed by atoms with Gasteiger partial charge in [0.15, 0.2) is 0 Å². The van der Waals surface area contributed by atoms with Crippen molar-refractivity contribution in [2.45, 2.75) is 0 Å². The van der Waals surface area contributed by atoms with Crippen molar-refractivity contribution in [1.29, 1.82) is 0 Å². The third-order valence-corrected chi connectivity index (χ3v) is 22.1. The Morgan fingerprint density at radius 1 is 0.190 bits per heavy atom. The summed E-state index contributed by atoms with van der Waals surface area (Å²) in [5.41, 5.74) is 30.8. The Labute approximate surface area is 685 Å². The number of halogens is 1. The highest BCUT2D eigenvalue weighted by Gasteiger charge is 2.20. The molecule has 8 heteroatoms. The molecule has 0 fully saturated rings. The lowest BCUT2D eigenvalue weighted by Crippen LogP contribution is -2.29. The molecule has 0 aliphatic rings. The maximum Gasteiger partial charge on any atom is 0.488 e. The van der Waals surface area contributed by atoms with E-state index in [0.717, 1.165) is 49.7 Å². The number of fused-ring (bicyclic) bond motifs is 6. The van der Waals surface area contributed by atoms with Crippen molar-refractivity contribution in [1.82, 2.24) is 9.13 Å². The summed E-state index contributed by atoms with van der Waals surface area (Å²) in [7, 11) is -1.49. The van der Waals surface area contributed by atoms with Gasteiger partial charge in [-0.3, -0.25) is 0 Å².